The van der Waals surface area contributed by atoms with Gasteiger partial charge in [-0.2, -0.15) is 0 Å². The molecular weight excluding hydrogens is 462 g/mol. The Kier molecular flexibility index (Phi) is 23.2. The number of quaternary nitrogens is 1. The molecule has 0 saturated carbocycles. The smallest absolute Gasteiger partial charge is 0.307 e. The van der Waals surface area contributed by atoms with Gasteiger partial charge in [-0.1, -0.05) is 79.8 Å². The van der Waals surface area contributed by atoms with Gasteiger partial charge in [0.2, 0.25) is 0 Å². The third-order valence-corrected chi connectivity index (χ3v) is 4.56. The van der Waals surface area contributed by atoms with E-state index in [1.54, 1.807) is 0 Å². The molecule has 0 bridgehead atoms. The van der Waals surface area contributed by atoms with Crippen molar-refractivity contribution < 1.29 is 36.3 Å². The molecule has 0 heterocycles. The van der Waals surface area contributed by atoms with Gasteiger partial charge in [0.15, 0.2) is 6.10 Å². The zero-order chi connectivity index (χ0) is 25.5. The van der Waals surface area contributed by atoms with Gasteiger partial charge in [-0.15, -0.1) is 0 Å². The van der Waals surface area contributed by atoms with E-state index in [-0.39, 0.29) is 31.2 Å². The van der Waals surface area contributed by atoms with Gasteiger partial charge < -0.3 is 26.7 Å². The maximum atomic E-state index is 12.0. The lowest BCUT2D eigenvalue weighted by molar-refractivity contribution is -0.873. The molecule has 0 aliphatic heterocycles. The van der Waals surface area contributed by atoms with E-state index in [4.69, 9.17) is 9.84 Å². The number of likely N-dealkylation sites (N-methyl/N-ethyl adjacent to an activating group) is 1. The van der Waals surface area contributed by atoms with Crippen molar-refractivity contribution in [3.63, 3.8) is 0 Å². The first-order valence-corrected chi connectivity index (χ1v) is 12.4. The van der Waals surface area contributed by atoms with Gasteiger partial charge in [-0.3, -0.25) is 9.59 Å². The normalized spacial score (nSPS) is 13.6. The fourth-order valence-corrected chi connectivity index (χ4v) is 3.03. The van der Waals surface area contributed by atoms with Crippen LogP contribution in [0.25, 0.3) is 0 Å². The molecule has 0 fully saturated rings. The second-order valence-corrected chi connectivity index (χ2v) is 9.14. The van der Waals surface area contributed by atoms with E-state index in [0.29, 0.717) is 17.4 Å². The molecule has 0 aromatic heterocycles. The molecule has 35 heavy (non-hydrogen) atoms. The number of ether oxygens (including phenoxy) is 1. The van der Waals surface area contributed by atoms with E-state index in [0.717, 1.165) is 38.5 Å². The Morgan fingerprint density at radius 3 is 1.51 bits per heavy atom. The number of hydrogen-bond donors (Lipinski definition) is 1. The minimum absolute atomic E-state index is 0. The Morgan fingerprint density at radius 2 is 1.14 bits per heavy atom. The number of carbonyl (C=O) groups is 2. The number of rotatable bonds is 19. The van der Waals surface area contributed by atoms with Gasteiger partial charge in [0.05, 0.1) is 27.6 Å². The molecular formula is C29H46ClNO4. The number of carboxylic acid groups (broad SMARTS) is 1. The second-order valence-electron chi connectivity index (χ2n) is 9.14. The van der Waals surface area contributed by atoms with Crippen LogP contribution >= 0.6 is 0 Å². The quantitative estimate of drug-likeness (QED) is 0.165. The molecule has 1 N–H and O–H groups in total. The van der Waals surface area contributed by atoms with E-state index >= 15 is 0 Å². The maximum Gasteiger partial charge on any atom is 0.307 e. The third-order valence-electron chi connectivity index (χ3n) is 4.56. The van der Waals surface area contributed by atoms with Gasteiger partial charge in [0.1, 0.15) is 6.54 Å². The van der Waals surface area contributed by atoms with E-state index in [1.165, 1.54) is 0 Å². The predicted molar refractivity (Wildman–Crippen MR) is 142 cm³/mol. The molecule has 1 atom stereocenters. The highest BCUT2D eigenvalue weighted by Gasteiger charge is 2.24. The summed E-state index contributed by atoms with van der Waals surface area (Å²) in [7, 11) is 5.83. The van der Waals surface area contributed by atoms with Crippen LogP contribution in [-0.2, 0) is 14.3 Å². The van der Waals surface area contributed by atoms with Crippen LogP contribution in [0.3, 0.4) is 0 Å². The zero-order valence-corrected chi connectivity index (χ0v) is 22.8. The van der Waals surface area contributed by atoms with Crippen molar-refractivity contribution in [1.29, 1.82) is 0 Å². The van der Waals surface area contributed by atoms with Gasteiger partial charge in [-0.25, -0.2) is 0 Å². The number of carbonyl (C=O) groups excluding carboxylic acids is 1. The van der Waals surface area contributed by atoms with E-state index < -0.39 is 12.1 Å². The number of carboxylic acids is 1. The van der Waals surface area contributed by atoms with E-state index in [9.17, 15) is 9.59 Å². The predicted octanol–water partition coefficient (Wildman–Crippen LogP) is 3.56. The Labute approximate surface area is 219 Å². The highest BCUT2D eigenvalue weighted by molar-refractivity contribution is 5.71. The molecule has 5 nitrogen and oxygen atoms in total. The standard InChI is InChI=1S/C29H45NO4.ClH/c1-5-6-7-8-9-10-11-12-13-14-15-16-17-18-19-20-21-22-23-24-29(33)34-27(25-28(31)32)26-30(2,3)4;/h6-7,9-10,12-13,15-16,18-19,21-22,27H,5,8,11,14,17,20,23-26H2,1-4H3;1H/b7-6-,10-9-,13-12-,16-15-,19-18-,22-21-;/t27-;/m1./s1. The molecule has 0 radical (unpaired) electrons. The topological polar surface area (TPSA) is 63.6 Å². The monoisotopic (exact) mass is 507 g/mol. The molecule has 0 unspecified atom stereocenters. The number of nitrogens with zero attached hydrogens (tertiary/aromatic N) is 1. The molecule has 198 valence electrons. The third kappa shape index (κ3) is 27.8. The van der Waals surface area contributed by atoms with Gasteiger partial charge in [-0.05, 0) is 44.9 Å². The molecule has 0 spiro atoms. The lowest BCUT2D eigenvalue weighted by Crippen LogP contribution is -3.00. The van der Waals surface area contributed by atoms with Crippen LogP contribution in [0, 0.1) is 0 Å². The molecule has 0 aromatic rings. The molecule has 6 heteroatoms. The minimum Gasteiger partial charge on any atom is -1.00 e. The van der Waals surface area contributed by atoms with Crippen molar-refractivity contribution in [3.8, 4) is 0 Å². The Bertz CT molecular complexity index is 727. The number of hydrogen-bond acceptors (Lipinski definition) is 3. The summed E-state index contributed by atoms with van der Waals surface area (Å²) in [6, 6.07) is 0. The molecule has 0 aliphatic rings. The highest BCUT2D eigenvalue weighted by atomic mass is 35.5. The summed E-state index contributed by atoms with van der Waals surface area (Å²) in [6.07, 6.45) is 31.6. The van der Waals surface area contributed by atoms with Crippen LogP contribution in [0.15, 0.2) is 72.9 Å². The van der Waals surface area contributed by atoms with Crippen LogP contribution in [0.5, 0.6) is 0 Å². The first kappa shape index (κ1) is 34.8. The molecule has 0 aliphatic carbocycles. The summed E-state index contributed by atoms with van der Waals surface area (Å²) in [4.78, 5) is 23.0. The highest BCUT2D eigenvalue weighted by Crippen LogP contribution is 2.08. The lowest BCUT2D eigenvalue weighted by atomic mass is 10.2. The summed E-state index contributed by atoms with van der Waals surface area (Å²) in [5.41, 5.74) is 0. The number of halogens is 1. The van der Waals surface area contributed by atoms with E-state index in [2.05, 4.69) is 67.7 Å². The SMILES string of the molecule is CC/C=C\C/C=C\C/C=C\C/C=C\C/C=C\C/C=C\CCC(=O)O[C@H](CC(=O)O)C[N+](C)(C)C.[Cl-]. The van der Waals surface area contributed by atoms with Crippen LogP contribution in [0.1, 0.15) is 64.7 Å². The molecule has 0 saturated heterocycles. The zero-order valence-electron chi connectivity index (χ0n) is 22.1. The Hall–Kier alpha value is -2.37. The first-order chi connectivity index (χ1) is 16.2. The molecule has 0 amide bonds. The average Bonchev–Trinajstić information content (AvgIpc) is 2.73. The van der Waals surface area contributed by atoms with Crippen molar-refractivity contribution >= 4 is 11.9 Å². The van der Waals surface area contributed by atoms with Crippen LogP contribution in [0.4, 0.5) is 0 Å². The number of aliphatic carboxylic acids is 1. The maximum absolute atomic E-state index is 12.0. The van der Waals surface area contributed by atoms with E-state index in [1.807, 2.05) is 33.3 Å². The molecule has 0 rings (SSSR count). The first-order valence-electron chi connectivity index (χ1n) is 12.4. The van der Waals surface area contributed by atoms with Crippen molar-refractivity contribution in [1.82, 2.24) is 0 Å². The van der Waals surface area contributed by atoms with Gasteiger partial charge >= 0.3 is 11.9 Å². The number of esters is 1. The van der Waals surface area contributed by atoms with Crippen LogP contribution in [-0.4, -0.2) is 55.3 Å². The van der Waals surface area contributed by atoms with Crippen LogP contribution in [0.2, 0.25) is 0 Å². The number of allylic oxidation sites excluding steroid dienone is 12. The largest absolute Gasteiger partial charge is 1.00 e. The van der Waals surface area contributed by atoms with Crippen molar-refractivity contribution in [2.45, 2.75) is 70.8 Å². The van der Waals surface area contributed by atoms with Gasteiger partial charge in [0.25, 0.3) is 0 Å². The van der Waals surface area contributed by atoms with Crippen molar-refractivity contribution in [2.75, 3.05) is 27.7 Å². The van der Waals surface area contributed by atoms with Crippen LogP contribution < -0.4 is 12.4 Å². The van der Waals surface area contributed by atoms with Gasteiger partial charge in [0, 0.05) is 6.42 Å². The molecule has 0 aromatic carbocycles. The second kappa shape index (κ2) is 23.4. The lowest BCUT2D eigenvalue weighted by Gasteiger charge is -2.28. The fourth-order valence-electron chi connectivity index (χ4n) is 3.03. The Morgan fingerprint density at radius 1 is 0.743 bits per heavy atom. The fraction of sp³-hybridized carbons (Fsp3) is 0.517. The summed E-state index contributed by atoms with van der Waals surface area (Å²) in [5, 5.41) is 9.01. The average molecular weight is 508 g/mol. The summed E-state index contributed by atoms with van der Waals surface area (Å²) in [6.45, 7) is 2.61. The Balaban J connectivity index is 0. The minimum atomic E-state index is -0.955. The van der Waals surface area contributed by atoms with Crippen molar-refractivity contribution in [3.05, 3.63) is 72.9 Å². The summed E-state index contributed by atoms with van der Waals surface area (Å²) < 4.78 is 5.91. The van der Waals surface area contributed by atoms with Crippen molar-refractivity contribution in [2.24, 2.45) is 0 Å². The summed E-state index contributed by atoms with van der Waals surface area (Å²) >= 11 is 0. The summed E-state index contributed by atoms with van der Waals surface area (Å²) in [5.74, 6) is -1.30.